The summed E-state index contributed by atoms with van der Waals surface area (Å²) in [5, 5.41) is 0. The molecule has 1 atom stereocenters. The van der Waals surface area contributed by atoms with Gasteiger partial charge in [-0.1, -0.05) is 95.5 Å². The summed E-state index contributed by atoms with van der Waals surface area (Å²) >= 11 is 0. The van der Waals surface area contributed by atoms with Gasteiger partial charge in [0.1, 0.15) is 6.17 Å². The van der Waals surface area contributed by atoms with Crippen LogP contribution in [0.1, 0.15) is 83.6 Å². The van der Waals surface area contributed by atoms with Gasteiger partial charge in [0.2, 0.25) is 0 Å². The summed E-state index contributed by atoms with van der Waals surface area (Å²) in [5.74, 6) is 0. The molecule has 1 unspecified atom stereocenters. The molecule has 0 spiro atoms. The van der Waals surface area contributed by atoms with Crippen molar-refractivity contribution in [1.82, 2.24) is 9.80 Å². The van der Waals surface area contributed by atoms with Gasteiger partial charge in [-0.2, -0.15) is 0 Å². The van der Waals surface area contributed by atoms with Crippen molar-refractivity contribution in [2.75, 3.05) is 13.1 Å². The molecule has 0 N–H and O–H groups in total. The van der Waals surface area contributed by atoms with Crippen molar-refractivity contribution in [3.05, 3.63) is 48.3 Å². The van der Waals surface area contributed by atoms with Gasteiger partial charge in [-0.3, -0.25) is 0 Å². The van der Waals surface area contributed by atoms with Gasteiger partial charge in [0, 0.05) is 31.9 Å². The Morgan fingerprint density at radius 2 is 1.15 bits per heavy atom. The van der Waals surface area contributed by atoms with E-state index in [0.29, 0.717) is 6.17 Å². The van der Waals surface area contributed by atoms with Gasteiger partial charge in [0.05, 0.1) is 0 Å². The van der Waals surface area contributed by atoms with E-state index in [1.54, 1.807) is 0 Å². The maximum Gasteiger partial charge on any atom is 0.105 e. The average molecular weight is 357 g/mol. The number of nitrogens with zero attached hydrogens (tertiary/aromatic N) is 2. The molecular formula is C24H40N2. The third-order valence-electron chi connectivity index (χ3n) is 5.52. The first-order valence-corrected chi connectivity index (χ1v) is 11.1. The Hall–Kier alpha value is -1.44. The molecular weight excluding hydrogens is 316 g/mol. The van der Waals surface area contributed by atoms with Crippen LogP contribution in [0.4, 0.5) is 0 Å². The molecule has 1 aliphatic heterocycles. The fourth-order valence-corrected chi connectivity index (χ4v) is 3.86. The topological polar surface area (TPSA) is 6.48 Å². The molecule has 1 aliphatic rings. The summed E-state index contributed by atoms with van der Waals surface area (Å²) in [6.07, 6.45) is 19.9. The van der Waals surface area contributed by atoms with Crippen LogP contribution in [-0.2, 0) is 6.42 Å². The second-order valence-electron chi connectivity index (χ2n) is 7.77. The van der Waals surface area contributed by atoms with Crippen molar-refractivity contribution in [3.63, 3.8) is 0 Å². The van der Waals surface area contributed by atoms with Gasteiger partial charge in [-0.15, -0.1) is 0 Å². The first kappa shape index (κ1) is 20.9. The van der Waals surface area contributed by atoms with Crippen LogP contribution in [0.3, 0.4) is 0 Å². The Bertz CT molecular complexity index is 482. The molecule has 0 amide bonds. The zero-order valence-electron chi connectivity index (χ0n) is 17.2. The van der Waals surface area contributed by atoms with E-state index in [1.165, 1.54) is 82.9 Å². The van der Waals surface area contributed by atoms with E-state index >= 15 is 0 Å². The maximum absolute atomic E-state index is 2.59. The van der Waals surface area contributed by atoms with Gasteiger partial charge >= 0.3 is 0 Å². The maximum atomic E-state index is 2.59. The molecule has 1 heterocycles. The van der Waals surface area contributed by atoms with Crippen molar-refractivity contribution in [2.24, 2.45) is 0 Å². The molecule has 0 aliphatic carbocycles. The lowest BCUT2D eigenvalue weighted by atomic mass is 10.1. The summed E-state index contributed by atoms with van der Waals surface area (Å²) in [7, 11) is 0. The molecule has 0 saturated heterocycles. The molecule has 146 valence electrons. The van der Waals surface area contributed by atoms with E-state index in [0.717, 1.165) is 6.42 Å². The Labute approximate surface area is 162 Å². The van der Waals surface area contributed by atoms with E-state index in [-0.39, 0.29) is 0 Å². The lowest BCUT2D eigenvalue weighted by Gasteiger charge is -2.33. The van der Waals surface area contributed by atoms with E-state index in [4.69, 9.17) is 0 Å². The standard InChI is InChI=1S/C24H40N2/c1-3-5-7-9-10-15-19-26-21-20-25(18-14-8-6-4-2)24(26)22-23-16-12-11-13-17-23/h11-13,16-17,20-21,24H,3-10,14-15,18-19,22H2,1-2H3. The molecule has 2 heteroatoms. The van der Waals surface area contributed by atoms with Crippen LogP contribution >= 0.6 is 0 Å². The zero-order valence-corrected chi connectivity index (χ0v) is 17.2. The van der Waals surface area contributed by atoms with E-state index < -0.39 is 0 Å². The Morgan fingerprint density at radius 1 is 0.654 bits per heavy atom. The third-order valence-corrected chi connectivity index (χ3v) is 5.52. The predicted octanol–water partition coefficient (Wildman–Crippen LogP) is 6.58. The van der Waals surface area contributed by atoms with Gasteiger partial charge in [-0.05, 0) is 18.4 Å². The minimum atomic E-state index is 0.509. The molecule has 26 heavy (non-hydrogen) atoms. The van der Waals surface area contributed by atoms with E-state index in [2.05, 4.69) is 66.4 Å². The third kappa shape index (κ3) is 7.43. The molecule has 0 radical (unpaired) electrons. The van der Waals surface area contributed by atoms with Crippen LogP contribution in [0.15, 0.2) is 42.7 Å². The Balaban J connectivity index is 1.83. The number of hydrogen-bond donors (Lipinski definition) is 0. The number of unbranched alkanes of at least 4 members (excludes halogenated alkanes) is 8. The monoisotopic (exact) mass is 356 g/mol. The van der Waals surface area contributed by atoms with Crippen molar-refractivity contribution in [2.45, 2.75) is 90.6 Å². The van der Waals surface area contributed by atoms with Crippen LogP contribution in [-0.4, -0.2) is 29.1 Å². The predicted molar refractivity (Wildman–Crippen MR) is 114 cm³/mol. The summed E-state index contributed by atoms with van der Waals surface area (Å²) in [4.78, 5) is 5.17. The van der Waals surface area contributed by atoms with Gasteiger partial charge in [0.25, 0.3) is 0 Å². The Kier molecular flexibility index (Phi) is 10.3. The molecule has 1 aromatic carbocycles. The molecule has 0 bridgehead atoms. The van der Waals surface area contributed by atoms with Gasteiger partial charge in [-0.25, -0.2) is 0 Å². The van der Waals surface area contributed by atoms with Crippen LogP contribution in [0, 0.1) is 0 Å². The second kappa shape index (κ2) is 12.8. The van der Waals surface area contributed by atoms with Crippen LogP contribution in [0.25, 0.3) is 0 Å². The molecule has 1 aromatic rings. The number of rotatable bonds is 14. The lowest BCUT2D eigenvalue weighted by Crippen LogP contribution is -2.41. The summed E-state index contributed by atoms with van der Waals surface area (Å²) in [6, 6.07) is 11.0. The Morgan fingerprint density at radius 3 is 1.73 bits per heavy atom. The van der Waals surface area contributed by atoms with Crippen molar-refractivity contribution < 1.29 is 0 Å². The smallest absolute Gasteiger partial charge is 0.105 e. The molecule has 2 rings (SSSR count). The molecule has 0 fully saturated rings. The highest BCUT2D eigenvalue weighted by Crippen LogP contribution is 2.22. The second-order valence-corrected chi connectivity index (χ2v) is 7.77. The normalized spacial score (nSPS) is 16.6. The highest BCUT2D eigenvalue weighted by atomic mass is 15.4. The number of benzene rings is 1. The fraction of sp³-hybridized carbons (Fsp3) is 0.667. The van der Waals surface area contributed by atoms with E-state index in [9.17, 15) is 0 Å². The summed E-state index contributed by atoms with van der Waals surface area (Å²) in [6.45, 7) is 6.97. The minimum Gasteiger partial charge on any atom is -0.356 e. The molecule has 0 aromatic heterocycles. The SMILES string of the molecule is CCCCCCCCN1C=CN(CCCCCC)C1Cc1ccccc1. The molecule has 2 nitrogen and oxygen atoms in total. The highest BCUT2D eigenvalue weighted by Gasteiger charge is 2.25. The first-order valence-electron chi connectivity index (χ1n) is 11.1. The fourth-order valence-electron chi connectivity index (χ4n) is 3.86. The first-order chi connectivity index (χ1) is 12.8. The van der Waals surface area contributed by atoms with Crippen molar-refractivity contribution in [3.8, 4) is 0 Å². The van der Waals surface area contributed by atoms with Crippen molar-refractivity contribution >= 4 is 0 Å². The van der Waals surface area contributed by atoms with Crippen molar-refractivity contribution in [1.29, 1.82) is 0 Å². The minimum absolute atomic E-state index is 0.509. The quantitative estimate of drug-likeness (QED) is 0.347. The summed E-state index contributed by atoms with van der Waals surface area (Å²) < 4.78 is 0. The lowest BCUT2D eigenvalue weighted by molar-refractivity contribution is 0.148. The average Bonchev–Trinajstić information content (AvgIpc) is 3.04. The van der Waals surface area contributed by atoms with Gasteiger partial charge in [0.15, 0.2) is 0 Å². The zero-order chi connectivity index (χ0) is 18.5. The summed E-state index contributed by atoms with van der Waals surface area (Å²) in [5.41, 5.74) is 1.45. The number of hydrogen-bond acceptors (Lipinski definition) is 2. The largest absolute Gasteiger partial charge is 0.356 e. The molecule has 0 saturated carbocycles. The van der Waals surface area contributed by atoms with E-state index in [1.807, 2.05) is 0 Å². The van der Waals surface area contributed by atoms with Crippen LogP contribution in [0.2, 0.25) is 0 Å². The van der Waals surface area contributed by atoms with Crippen LogP contribution in [0.5, 0.6) is 0 Å². The highest BCUT2D eigenvalue weighted by molar-refractivity contribution is 5.17. The van der Waals surface area contributed by atoms with Crippen LogP contribution < -0.4 is 0 Å². The van der Waals surface area contributed by atoms with Gasteiger partial charge < -0.3 is 9.80 Å².